The van der Waals surface area contributed by atoms with Crippen LogP contribution in [0.5, 0.6) is 0 Å². The molecule has 3 atom stereocenters. The van der Waals surface area contributed by atoms with Crippen LogP contribution in [0.1, 0.15) is 93.0 Å². The molecule has 2 aliphatic heterocycles. The Morgan fingerprint density at radius 1 is 1.06 bits per heavy atom. The van der Waals surface area contributed by atoms with Crippen molar-refractivity contribution in [3.8, 4) is 0 Å². The summed E-state index contributed by atoms with van der Waals surface area (Å²) in [6.07, 6.45) is 0.431. The van der Waals surface area contributed by atoms with E-state index in [4.69, 9.17) is 0 Å². The Balaban J connectivity index is 1.38. The number of halogens is 3. The number of carbonyl (C=O) groups is 4. The molecular weight excluding hydrogens is 639 g/mol. The fourth-order valence-electron chi connectivity index (χ4n) is 7.40. The summed E-state index contributed by atoms with van der Waals surface area (Å²) in [4.78, 5) is 58.9. The summed E-state index contributed by atoms with van der Waals surface area (Å²) in [5.74, 6) is -1.64. The Kier molecular flexibility index (Phi) is 9.18. The van der Waals surface area contributed by atoms with E-state index in [0.717, 1.165) is 43.0 Å². The summed E-state index contributed by atoms with van der Waals surface area (Å²) < 4.78 is 41.9. The van der Waals surface area contributed by atoms with Crippen molar-refractivity contribution in [2.75, 3.05) is 17.2 Å². The lowest BCUT2D eigenvalue weighted by Gasteiger charge is -2.27. The van der Waals surface area contributed by atoms with Crippen LogP contribution in [0, 0.1) is 12.3 Å². The summed E-state index contributed by atoms with van der Waals surface area (Å²) in [5, 5.41) is 14.2. The molecule has 1 aliphatic carbocycles. The number of nitrogens with one attached hydrogen (secondary N) is 3. The summed E-state index contributed by atoms with van der Waals surface area (Å²) in [6, 6.07) is 4.75. The van der Waals surface area contributed by atoms with Gasteiger partial charge in [0.1, 0.15) is 29.8 Å². The zero-order valence-corrected chi connectivity index (χ0v) is 28.2. The second-order valence-electron chi connectivity index (χ2n) is 14.0. The van der Waals surface area contributed by atoms with E-state index >= 15 is 0 Å². The quantitative estimate of drug-likeness (QED) is 0.307. The second kappa shape index (κ2) is 13.1. The minimum absolute atomic E-state index is 0.0926. The molecule has 2 aromatic heterocycles. The molecule has 1 aromatic carbocycles. The third-order valence-corrected chi connectivity index (χ3v) is 9.87. The molecule has 6 rings (SSSR count). The molecule has 3 amide bonds. The lowest BCUT2D eigenvalue weighted by molar-refractivity contribution is -0.141. The van der Waals surface area contributed by atoms with Crippen LogP contribution in [-0.4, -0.2) is 67.8 Å². The fourth-order valence-corrected chi connectivity index (χ4v) is 7.40. The van der Waals surface area contributed by atoms with Crippen LogP contribution >= 0.6 is 0 Å². The van der Waals surface area contributed by atoms with Gasteiger partial charge in [0.2, 0.25) is 17.7 Å². The molecule has 3 aromatic rings. The normalized spacial score (nSPS) is 23.2. The first kappa shape index (κ1) is 34.4. The van der Waals surface area contributed by atoms with E-state index in [-0.39, 0.29) is 54.8 Å². The molecule has 3 N–H and O–H groups in total. The van der Waals surface area contributed by atoms with E-state index in [1.807, 2.05) is 26.0 Å². The lowest BCUT2D eigenvalue weighted by Crippen LogP contribution is -2.47. The zero-order chi connectivity index (χ0) is 35.2. The predicted octanol–water partition coefficient (Wildman–Crippen LogP) is 5.40. The van der Waals surface area contributed by atoms with Crippen LogP contribution in [0.2, 0.25) is 0 Å². The number of ketones is 1. The summed E-state index contributed by atoms with van der Waals surface area (Å²) >= 11 is 0. The number of Topliss-reactive ketones (excluding diaryl/α,β-unsaturated/α-hetero) is 1. The van der Waals surface area contributed by atoms with Crippen molar-refractivity contribution in [3.63, 3.8) is 0 Å². The molecule has 3 aliphatic rings. The Morgan fingerprint density at radius 2 is 1.80 bits per heavy atom. The van der Waals surface area contributed by atoms with E-state index in [2.05, 4.69) is 26.0 Å². The molecule has 1 saturated carbocycles. The summed E-state index contributed by atoms with van der Waals surface area (Å²) in [6.45, 7) is 7.04. The molecule has 262 valence electrons. The molecule has 2 fully saturated rings. The molecule has 11 nitrogen and oxygen atoms in total. The number of aryl methyl sites for hydroxylation is 2. The van der Waals surface area contributed by atoms with Gasteiger partial charge in [0.05, 0.1) is 5.52 Å². The maximum atomic E-state index is 14.3. The number of piperidine rings is 1. The number of benzene rings is 1. The van der Waals surface area contributed by atoms with E-state index < -0.39 is 35.1 Å². The van der Waals surface area contributed by atoms with Crippen molar-refractivity contribution in [2.45, 2.75) is 110 Å². The number of anilines is 2. The first-order chi connectivity index (χ1) is 23.2. The topological polar surface area (TPSA) is 138 Å². The van der Waals surface area contributed by atoms with E-state index in [1.54, 1.807) is 11.6 Å². The SMILES string of the molecule is CC(=O)c1nn2c3c(cc(NC(C)C)cc13)CCCCCCC(=O)NC[C@@]13C[C@@H](C(=O)Nc4nc(C(F)(F)F)ccc4C)N(C(=O)C2)[C@@H]1C3. The van der Waals surface area contributed by atoms with Gasteiger partial charge >= 0.3 is 6.18 Å². The van der Waals surface area contributed by atoms with Crippen molar-refractivity contribution in [3.05, 3.63) is 46.8 Å². The van der Waals surface area contributed by atoms with E-state index in [9.17, 15) is 32.3 Å². The van der Waals surface area contributed by atoms with Crippen molar-refractivity contribution >= 4 is 45.9 Å². The van der Waals surface area contributed by atoms with Crippen LogP contribution < -0.4 is 16.0 Å². The molecule has 49 heavy (non-hydrogen) atoms. The number of hydrogen-bond acceptors (Lipinski definition) is 7. The zero-order valence-electron chi connectivity index (χ0n) is 28.2. The third-order valence-electron chi connectivity index (χ3n) is 9.87. The van der Waals surface area contributed by atoms with Crippen LogP contribution in [0.4, 0.5) is 24.7 Å². The first-order valence-corrected chi connectivity index (χ1v) is 16.9. The van der Waals surface area contributed by atoms with Crippen LogP contribution in [-0.2, 0) is 33.5 Å². The van der Waals surface area contributed by atoms with Crippen LogP contribution in [0.15, 0.2) is 24.3 Å². The Morgan fingerprint density at radius 3 is 2.49 bits per heavy atom. The Bertz CT molecular complexity index is 1820. The number of alkyl halides is 3. The molecule has 0 radical (unpaired) electrons. The van der Waals surface area contributed by atoms with Crippen LogP contribution in [0.25, 0.3) is 10.9 Å². The smallest absolute Gasteiger partial charge is 0.383 e. The standard InChI is InChI=1S/C35H42F3N7O4/c1-19(2)40-23-13-22-9-7-5-6-8-10-28(47)39-18-34-15-25(33(49)42-32-20(3)11-12-26(41-32)35(36,37)38)45(27(34)16-34)29(48)17-44-31(22)24(14-23)30(43-44)21(4)46/h11-14,19,25,27,40H,5-10,15-18H2,1-4H3,(H,39,47)(H,41,42,49)/t25-,27+,34-/m0/s1. The van der Waals surface area contributed by atoms with Gasteiger partial charge in [0.15, 0.2) is 5.78 Å². The number of aromatic nitrogens is 3. The average Bonchev–Trinajstić information content (AvgIpc) is 3.43. The number of rotatable bonds is 5. The van der Waals surface area contributed by atoms with Gasteiger partial charge in [-0.2, -0.15) is 18.3 Å². The minimum atomic E-state index is -4.71. The number of pyridine rings is 1. The number of carbonyl (C=O) groups excluding carboxylic acids is 4. The Labute approximate surface area is 282 Å². The Hall–Kier alpha value is -4.49. The van der Waals surface area contributed by atoms with Gasteiger partial charge < -0.3 is 20.9 Å². The van der Waals surface area contributed by atoms with Crippen molar-refractivity contribution < 1.29 is 32.3 Å². The van der Waals surface area contributed by atoms with Crippen molar-refractivity contribution in [2.24, 2.45) is 5.41 Å². The highest BCUT2D eigenvalue weighted by Gasteiger charge is 2.67. The second-order valence-corrected chi connectivity index (χ2v) is 14.0. The number of nitrogens with zero attached hydrogens (tertiary/aromatic N) is 4. The van der Waals surface area contributed by atoms with Gasteiger partial charge in [-0.1, -0.05) is 18.9 Å². The fraction of sp³-hybridized carbons (Fsp3) is 0.543. The van der Waals surface area contributed by atoms with Gasteiger partial charge in [-0.25, -0.2) is 4.98 Å². The molecule has 0 spiro atoms. The van der Waals surface area contributed by atoms with Crippen LogP contribution in [0.3, 0.4) is 0 Å². The molecule has 4 heterocycles. The molecule has 14 heteroatoms. The number of hydrogen-bond donors (Lipinski definition) is 3. The first-order valence-electron chi connectivity index (χ1n) is 16.9. The van der Waals surface area contributed by atoms with Crippen molar-refractivity contribution in [1.29, 1.82) is 0 Å². The average molecular weight is 682 g/mol. The third kappa shape index (κ3) is 7.00. The predicted molar refractivity (Wildman–Crippen MR) is 177 cm³/mol. The van der Waals surface area contributed by atoms with E-state index in [0.29, 0.717) is 35.7 Å². The van der Waals surface area contributed by atoms with Gasteiger partial charge in [0.25, 0.3) is 0 Å². The van der Waals surface area contributed by atoms with Gasteiger partial charge in [-0.15, -0.1) is 0 Å². The highest BCUT2D eigenvalue weighted by Crippen LogP contribution is 2.59. The van der Waals surface area contributed by atoms with Gasteiger partial charge in [-0.05, 0) is 82.2 Å². The van der Waals surface area contributed by atoms with Gasteiger partial charge in [0, 0.05) is 48.5 Å². The highest BCUT2D eigenvalue weighted by atomic mass is 19.4. The molecule has 2 bridgehead atoms. The maximum Gasteiger partial charge on any atom is 0.433 e. The maximum absolute atomic E-state index is 14.3. The molecular formula is C35H42F3N7O4. The lowest BCUT2D eigenvalue weighted by atomic mass is 9.98. The summed E-state index contributed by atoms with van der Waals surface area (Å²) in [5.41, 5.74) is 1.35. The van der Waals surface area contributed by atoms with Crippen molar-refractivity contribution in [1.82, 2.24) is 25.0 Å². The van der Waals surface area contributed by atoms with E-state index in [1.165, 1.54) is 17.9 Å². The number of amides is 3. The van der Waals surface area contributed by atoms with Gasteiger partial charge in [-0.3, -0.25) is 23.9 Å². The highest BCUT2D eigenvalue weighted by molar-refractivity contribution is 6.07. The largest absolute Gasteiger partial charge is 0.433 e. The monoisotopic (exact) mass is 681 g/mol. The molecule has 0 unspecified atom stereocenters. The minimum Gasteiger partial charge on any atom is -0.383 e. The summed E-state index contributed by atoms with van der Waals surface area (Å²) in [7, 11) is 0. The molecule has 1 saturated heterocycles.